The summed E-state index contributed by atoms with van der Waals surface area (Å²) in [6, 6.07) is 16.6. The summed E-state index contributed by atoms with van der Waals surface area (Å²) in [4.78, 5) is 22.0. The summed E-state index contributed by atoms with van der Waals surface area (Å²) in [6.07, 6.45) is 0. The van der Waals surface area contributed by atoms with Crippen LogP contribution in [0.2, 0.25) is 0 Å². The van der Waals surface area contributed by atoms with Crippen LogP contribution in [0.15, 0.2) is 54.6 Å². The molecule has 0 amide bonds. The minimum Gasteiger partial charge on any atom is -0.293 e. The van der Waals surface area contributed by atoms with E-state index in [4.69, 9.17) is 11.6 Å². The lowest BCUT2D eigenvalue weighted by Gasteiger charge is -1.96. The summed E-state index contributed by atoms with van der Waals surface area (Å²) in [5.74, 6) is 0.163. The molecule has 0 aliphatic carbocycles. The summed E-state index contributed by atoms with van der Waals surface area (Å²) in [5.41, 5.74) is 2.63. The first-order chi connectivity index (χ1) is 10.1. The van der Waals surface area contributed by atoms with Crippen LogP contribution in [0, 0.1) is 6.92 Å². The third-order valence-electron chi connectivity index (χ3n) is 2.71. The molecule has 21 heavy (non-hydrogen) atoms. The van der Waals surface area contributed by atoms with Crippen LogP contribution in [0.4, 0.5) is 0 Å². The SMILES string of the molecule is Cc1ccc(C(=O)CBr)cc1.O=C(CCl)c1ccccc1. The molecule has 2 rings (SSSR count). The van der Waals surface area contributed by atoms with Gasteiger partial charge in [-0.05, 0) is 6.92 Å². The van der Waals surface area contributed by atoms with Gasteiger partial charge in [0.25, 0.3) is 0 Å². The molecule has 0 heterocycles. The number of carbonyl (C=O) groups excluding carboxylic acids is 2. The fraction of sp³-hybridized carbons (Fsp3) is 0.176. The minimum absolute atomic E-state index is 0.0257. The first-order valence-corrected chi connectivity index (χ1v) is 8.04. The second-order valence-corrected chi connectivity index (χ2v) is 5.17. The van der Waals surface area contributed by atoms with Gasteiger partial charge in [-0.1, -0.05) is 76.1 Å². The Morgan fingerprint density at radius 1 is 0.905 bits per heavy atom. The van der Waals surface area contributed by atoms with E-state index in [1.54, 1.807) is 12.1 Å². The summed E-state index contributed by atoms with van der Waals surface area (Å²) < 4.78 is 0. The van der Waals surface area contributed by atoms with Gasteiger partial charge in [0.2, 0.25) is 0 Å². The quantitative estimate of drug-likeness (QED) is 0.581. The van der Waals surface area contributed by atoms with Crippen molar-refractivity contribution in [3.8, 4) is 0 Å². The summed E-state index contributed by atoms with van der Waals surface area (Å²) in [6.45, 7) is 2.00. The number of rotatable bonds is 4. The van der Waals surface area contributed by atoms with Crippen LogP contribution >= 0.6 is 27.5 Å². The lowest BCUT2D eigenvalue weighted by molar-refractivity contribution is 0.101. The number of alkyl halides is 2. The van der Waals surface area contributed by atoms with Crippen LogP contribution in [-0.4, -0.2) is 22.8 Å². The lowest BCUT2D eigenvalue weighted by Crippen LogP contribution is -1.98. The predicted octanol–water partition coefficient (Wildman–Crippen LogP) is 4.68. The number of ketones is 2. The zero-order chi connectivity index (χ0) is 15.7. The average Bonchev–Trinajstić information content (AvgIpc) is 2.55. The average molecular weight is 368 g/mol. The highest BCUT2D eigenvalue weighted by molar-refractivity contribution is 9.09. The van der Waals surface area contributed by atoms with E-state index in [1.165, 1.54) is 5.56 Å². The largest absolute Gasteiger partial charge is 0.293 e. The van der Waals surface area contributed by atoms with Crippen molar-refractivity contribution in [2.24, 2.45) is 0 Å². The maximum atomic E-state index is 11.1. The van der Waals surface area contributed by atoms with Crippen LogP contribution in [0.25, 0.3) is 0 Å². The van der Waals surface area contributed by atoms with Gasteiger partial charge in [0.15, 0.2) is 11.6 Å². The highest BCUT2D eigenvalue weighted by atomic mass is 79.9. The number of carbonyl (C=O) groups is 2. The van der Waals surface area contributed by atoms with E-state index in [0.717, 1.165) is 5.56 Å². The number of benzene rings is 2. The molecule has 0 aliphatic heterocycles. The van der Waals surface area contributed by atoms with Crippen molar-refractivity contribution < 1.29 is 9.59 Å². The van der Waals surface area contributed by atoms with Gasteiger partial charge in [0.05, 0.1) is 11.2 Å². The van der Waals surface area contributed by atoms with Crippen molar-refractivity contribution in [2.45, 2.75) is 6.92 Å². The maximum Gasteiger partial charge on any atom is 0.177 e. The number of hydrogen-bond acceptors (Lipinski definition) is 2. The molecule has 4 heteroatoms. The fourth-order valence-electron chi connectivity index (χ4n) is 1.52. The lowest BCUT2D eigenvalue weighted by atomic mass is 10.1. The van der Waals surface area contributed by atoms with Gasteiger partial charge >= 0.3 is 0 Å². The molecule has 0 radical (unpaired) electrons. The molecule has 110 valence electrons. The van der Waals surface area contributed by atoms with Crippen molar-refractivity contribution in [1.29, 1.82) is 0 Å². The second-order valence-electron chi connectivity index (χ2n) is 4.35. The van der Waals surface area contributed by atoms with Gasteiger partial charge in [-0.15, -0.1) is 11.6 Å². The molecule has 0 unspecified atom stereocenters. The van der Waals surface area contributed by atoms with Gasteiger partial charge in [-0.2, -0.15) is 0 Å². The molecule has 0 aliphatic rings. The summed E-state index contributed by atoms with van der Waals surface area (Å²) >= 11 is 8.46. The normalized spacial score (nSPS) is 9.48. The molecule has 2 aromatic rings. The van der Waals surface area contributed by atoms with Crippen molar-refractivity contribution in [2.75, 3.05) is 11.2 Å². The minimum atomic E-state index is -0.0257. The van der Waals surface area contributed by atoms with Crippen molar-refractivity contribution >= 4 is 39.1 Å². The van der Waals surface area contributed by atoms with E-state index >= 15 is 0 Å². The Hall–Kier alpha value is -1.45. The second kappa shape index (κ2) is 9.48. The number of hydrogen-bond donors (Lipinski definition) is 0. The standard InChI is InChI=1S/C9H9BrO.C8H7ClO/c1-7-2-4-8(5-3-7)9(11)6-10;9-6-8(10)7-4-2-1-3-5-7/h2-5H,6H2,1H3;1-5H,6H2. The molecule has 0 saturated heterocycles. The zero-order valence-electron chi connectivity index (χ0n) is 11.7. The van der Waals surface area contributed by atoms with E-state index in [9.17, 15) is 9.59 Å². The third-order valence-corrected chi connectivity index (χ3v) is 3.46. The van der Waals surface area contributed by atoms with E-state index in [2.05, 4.69) is 15.9 Å². The topological polar surface area (TPSA) is 34.1 Å². The van der Waals surface area contributed by atoms with Gasteiger partial charge in [-0.3, -0.25) is 9.59 Å². The Labute approximate surface area is 138 Å². The molecule has 0 bridgehead atoms. The molecule has 0 spiro atoms. The van der Waals surface area contributed by atoms with Gasteiger partial charge in [-0.25, -0.2) is 0 Å². The third kappa shape index (κ3) is 6.23. The molecule has 0 aromatic heterocycles. The first-order valence-electron chi connectivity index (χ1n) is 6.38. The van der Waals surface area contributed by atoms with Crippen LogP contribution < -0.4 is 0 Å². The molecule has 0 saturated carbocycles. The van der Waals surface area contributed by atoms with Crippen LogP contribution in [0.3, 0.4) is 0 Å². The number of aryl methyl sites for hydroxylation is 1. The maximum absolute atomic E-state index is 11.1. The fourth-order valence-corrected chi connectivity index (χ4v) is 2.00. The van der Waals surface area contributed by atoms with E-state index < -0.39 is 0 Å². The molecule has 0 fully saturated rings. The molecule has 2 aromatic carbocycles. The smallest absolute Gasteiger partial charge is 0.177 e. The van der Waals surface area contributed by atoms with Gasteiger partial charge < -0.3 is 0 Å². The monoisotopic (exact) mass is 366 g/mol. The molecular formula is C17H16BrClO2. The van der Waals surface area contributed by atoms with E-state index in [0.29, 0.717) is 10.9 Å². The molecule has 0 atom stereocenters. The van der Waals surface area contributed by atoms with E-state index in [1.807, 2.05) is 49.4 Å². The Balaban J connectivity index is 0.000000211. The Kier molecular flexibility index (Phi) is 7.95. The Morgan fingerprint density at radius 2 is 1.43 bits per heavy atom. The predicted molar refractivity (Wildman–Crippen MR) is 90.8 cm³/mol. The Bertz CT molecular complexity index is 579. The summed E-state index contributed by atoms with van der Waals surface area (Å²) in [7, 11) is 0. The van der Waals surface area contributed by atoms with E-state index in [-0.39, 0.29) is 17.4 Å². The number of Topliss-reactive ketones (excluding diaryl/α,β-unsaturated/α-hetero) is 2. The highest BCUT2D eigenvalue weighted by Gasteiger charge is 2.01. The van der Waals surface area contributed by atoms with Crippen LogP contribution in [0.5, 0.6) is 0 Å². The zero-order valence-corrected chi connectivity index (χ0v) is 14.0. The van der Waals surface area contributed by atoms with Crippen LogP contribution in [-0.2, 0) is 0 Å². The van der Waals surface area contributed by atoms with Gasteiger partial charge in [0, 0.05) is 11.1 Å². The van der Waals surface area contributed by atoms with Crippen molar-refractivity contribution in [1.82, 2.24) is 0 Å². The summed E-state index contributed by atoms with van der Waals surface area (Å²) in [5, 5.41) is 0.399. The highest BCUT2D eigenvalue weighted by Crippen LogP contribution is 2.05. The molecule has 0 N–H and O–H groups in total. The van der Waals surface area contributed by atoms with Crippen molar-refractivity contribution in [3.05, 3.63) is 71.3 Å². The molecule has 2 nitrogen and oxygen atoms in total. The van der Waals surface area contributed by atoms with Crippen LogP contribution in [0.1, 0.15) is 26.3 Å². The number of halogens is 2. The van der Waals surface area contributed by atoms with Crippen molar-refractivity contribution in [3.63, 3.8) is 0 Å². The Morgan fingerprint density at radius 3 is 1.90 bits per heavy atom. The first kappa shape index (κ1) is 17.6. The molecular weight excluding hydrogens is 352 g/mol. The van der Waals surface area contributed by atoms with Gasteiger partial charge in [0.1, 0.15) is 0 Å².